The van der Waals surface area contributed by atoms with Crippen LogP contribution in [0.4, 0.5) is 0 Å². The second-order valence-electron chi connectivity index (χ2n) is 6.83. The first-order valence-electron chi connectivity index (χ1n) is 8.82. The number of thioether (sulfide) groups is 1. The zero-order valence-corrected chi connectivity index (χ0v) is 16.8. The summed E-state index contributed by atoms with van der Waals surface area (Å²) in [6.07, 6.45) is 3.79. The summed E-state index contributed by atoms with van der Waals surface area (Å²) in [7, 11) is -3.48. The molecule has 6 nitrogen and oxygen atoms in total. The van der Waals surface area contributed by atoms with Gasteiger partial charge in [-0.2, -0.15) is 0 Å². The van der Waals surface area contributed by atoms with Crippen molar-refractivity contribution in [1.29, 1.82) is 0 Å². The second-order valence-corrected chi connectivity index (χ2v) is 10.9. The number of hydrogen-bond donors (Lipinski definition) is 2. The molecule has 0 atom stereocenters. The molecule has 1 aromatic carbocycles. The van der Waals surface area contributed by atoms with Crippen molar-refractivity contribution in [3.8, 4) is 11.4 Å². The Morgan fingerprint density at radius 1 is 1.19 bits per heavy atom. The monoisotopic (exact) mass is 419 g/mol. The van der Waals surface area contributed by atoms with Gasteiger partial charge in [-0.15, -0.1) is 23.1 Å². The Kier molecular flexibility index (Phi) is 4.15. The van der Waals surface area contributed by atoms with Crippen molar-refractivity contribution in [3.63, 3.8) is 0 Å². The van der Waals surface area contributed by atoms with Crippen LogP contribution in [-0.2, 0) is 16.4 Å². The zero-order valence-electron chi connectivity index (χ0n) is 14.3. The number of thiophene rings is 1. The van der Waals surface area contributed by atoms with E-state index in [1.807, 2.05) is 0 Å². The van der Waals surface area contributed by atoms with Crippen molar-refractivity contribution < 1.29 is 8.42 Å². The summed E-state index contributed by atoms with van der Waals surface area (Å²) in [5.74, 6) is 1.55. The van der Waals surface area contributed by atoms with E-state index in [4.69, 9.17) is 0 Å². The van der Waals surface area contributed by atoms with Crippen LogP contribution in [0.5, 0.6) is 0 Å². The first kappa shape index (κ1) is 17.4. The second kappa shape index (κ2) is 6.44. The van der Waals surface area contributed by atoms with Crippen LogP contribution in [0.25, 0.3) is 21.6 Å². The standard InChI is InChI=1S/C18H17N3O3S3/c22-16-14-13-2-1-9-25-18(13)26-17(14)20-15(19-16)10-3-7-12(8-4-10)27(23,24)21-11-5-6-11/h3-4,7-8,11,21H,1-2,5-6,9H2,(H,19,20,22). The van der Waals surface area contributed by atoms with Gasteiger partial charge in [0.05, 0.1) is 14.5 Å². The maximum Gasteiger partial charge on any atom is 0.260 e. The van der Waals surface area contributed by atoms with Gasteiger partial charge in [0.2, 0.25) is 10.0 Å². The lowest BCUT2D eigenvalue weighted by Crippen LogP contribution is -2.25. The molecule has 1 fully saturated rings. The summed E-state index contributed by atoms with van der Waals surface area (Å²) in [6, 6.07) is 6.55. The number of sulfonamides is 1. The smallest absolute Gasteiger partial charge is 0.260 e. The summed E-state index contributed by atoms with van der Waals surface area (Å²) in [6.45, 7) is 0. The summed E-state index contributed by atoms with van der Waals surface area (Å²) in [4.78, 5) is 21.1. The molecule has 1 aliphatic heterocycles. The summed E-state index contributed by atoms with van der Waals surface area (Å²) >= 11 is 3.36. The number of aromatic nitrogens is 2. The van der Waals surface area contributed by atoms with E-state index in [1.165, 1.54) is 4.21 Å². The minimum absolute atomic E-state index is 0.0674. The van der Waals surface area contributed by atoms with Gasteiger partial charge in [0, 0.05) is 11.6 Å². The highest BCUT2D eigenvalue weighted by molar-refractivity contribution is 8.01. The predicted molar refractivity (Wildman–Crippen MR) is 108 cm³/mol. The molecule has 0 radical (unpaired) electrons. The maximum absolute atomic E-state index is 12.7. The van der Waals surface area contributed by atoms with Gasteiger partial charge in [-0.05, 0) is 61.3 Å². The van der Waals surface area contributed by atoms with Crippen molar-refractivity contribution in [2.75, 3.05) is 5.75 Å². The van der Waals surface area contributed by atoms with Crippen molar-refractivity contribution in [2.45, 2.75) is 40.8 Å². The molecular formula is C18H17N3O3S3. The van der Waals surface area contributed by atoms with Crippen LogP contribution >= 0.6 is 23.1 Å². The number of benzene rings is 1. The fourth-order valence-electron chi connectivity index (χ4n) is 3.22. The number of nitrogens with one attached hydrogen (secondary N) is 2. The third-order valence-corrected chi connectivity index (χ3v) is 8.83. The highest BCUT2D eigenvalue weighted by Gasteiger charge is 2.28. The van der Waals surface area contributed by atoms with Crippen molar-refractivity contribution in [2.24, 2.45) is 0 Å². The number of fused-ring (bicyclic) bond motifs is 3. The number of aromatic amines is 1. The molecule has 0 unspecified atom stereocenters. The Morgan fingerprint density at radius 3 is 2.70 bits per heavy atom. The van der Waals surface area contributed by atoms with Gasteiger partial charge in [0.15, 0.2) is 0 Å². The Balaban J connectivity index is 1.52. The average molecular weight is 420 g/mol. The molecule has 1 aliphatic carbocycles. The number of H-pyrrole nitrogens is 1. The average Bonchev–Trinajstić information content (AvgIpc) is 3.37. The molecular weight excluding hydrogens is 402 g/mol. The third kappa shape index (κ3) is 3.22. The number of aryl methyl sites for hydroxylation is 1. The molecule has 3 aromatic rings. The van der Waals surface area contributed by atoms with Crippen LogP contribution in [0.3, 0.4) is 0 Å². The van der Waals surface area contributed by atoms with E-state index in [9.17, 15) is 13.2 Å². The van der Waals surface area contributed by atoms with Gasteiger partial charge in [0.1, 0.15) is 10.7 Å². The van der Waals surface area contributed by atoms with Crippen LogP contribution in [0.15, 0.2) is 38.2 Å². The fraction of sp³-hybridized carbons (Fsp3) is 0.333. The van der Waals surface area contributed by atoms with Crippen molar-refractivity contribution in [1.82, 2.24) is 14.7 Å². The fourth-order valence-corrected chi connectivity index (χ4v) is 7.06. The van der Waals surface area contributed by atoms with Gasteiger partial charge in [-0.3, -0.25) is 4.79 Å². The van der Waals surface area contributed by atoms with E-state index in [1.54, 1.807) is 47.4 Å². The molecule has 2 N–H and O–H groups in total. The van der Waals surface area contributed by atoms with Crippen molar-refractivity contribution >= 4 is 43.3 Å². The SMILES string of the molecule is O=c1[nH]c(-c2ccc(S(=O)(=O)NC3CC3)cc2)nc2sc3c(c12)CCCS3. The highest BCUT2D eigenvalue weighted by atomic mass is 32.2. The number of hydrogen-bond acceptors (Lipinski definition) is 6. The lowest BCUT2D eigenvalue weighted by molar-refractivity contribution is 0.581. The molecule has 2 aromatic heterocycles. The predicted octanol–water partition coefficient (Wildman–Crippen LogP) is 3.13. The Labute approximate surface area is 164 Å². The Bertz CT molecular complexity index is 1190. The molecule has 0 amide bonds. The molecule has 0 spiro atoms. The summed E-state index contributed by atoms with van der Waals surface area (Å²) < 4.78 is 28.4. The minimum atomic E-state index is -3.48. The number of nitrogens with zero attached hydrogens (tertiary/aromatic N) is 1. The normalized spacial score (nSPS) is 17.2. The van der Waals surface area contributed by atoms with Crippen LogP contribution in [-0.4, -0.2) is 30.2 Å². The molecule has 5 rings (SSSR count). The molecule has 27 heavy (non-hydrogen) atoms. The van der Waals surface area contributed by atoms with E-state index in [0.717, 1.165) is 41.8 Å². The van der Waals surface area contributed by atoms with Gasteiger partial charge >= 0.3 is 0 Å². The molecule has 9 heteroatoms. The van der Waals surface area contributed by atoms with Gasteiger partial charge in [-0.1, -0.05) is 0 Å². The molecule has 0 bridgehead atoms. The molecule has 2 aliphatic rings. The van der Waals surface area contributed by atoms with Crippen molar-refractivity contribution in [3.05, 3.63) is 40.2 Å². The van der Waals surface area contributed by atoms with Crippen LogP contribution in [0, 0.1) is 0 Å². The van der Waals surface area contributed by atoms with Crippen LogP contribution in [0.1, 0.15) is 24.8 Å². The van der Waals surface area contributed by atoms with Crippen LogP contribution < -0.4 is 10.3 Å². The lowest BCUT2D eigenvalue weighted by Gasteiger charge is -2.09. The number of rotatable bonds is 4. The first-order chi connectivity index (χ1) is 13.0. The maximum atomic E-state index is 12.7. The van der Waals surface area contributed by atoms with E-state index < -0.39 is 10.0 Å². The summed E-state index contributed by atoms with van der Waals surface area (Å²) in [5, 5.41) is 0.707. The third-order valence-electron chi connectivity index (χ3n) is 4.77. The minimum Gasteiger partial charge on any atom is -0.306 e. The lowest BCUT2D eigenvalue weighted by atomic mass is 10.1. The quantitative estimate of drug-likeness (QED) is 0.678. The Morgan fingerprint density at radius 2 is 1.96 bits per heavy atom. The Hall–Kier alpha value is -1.68. The molecule has 140 valence electrons. The topological polar surface area (TPSA) is 91.9 Å². The first-order valence-corrected chi connectivity index (χ1v) is 12.1. The van der Waals surface area contributed by atoms with Gasteiger partial charge in [-0.25, -0.2) is 18.1 Å². The van der Waals surface area contributed by atoms with E-state index in [0.29, 0.717) is 16.8 Å². The van der Waals surface area contributed by atoms with Gasteiger partial charge in [0.25, 0.3) is 5.56 Å². The molecule has 3 heterocycles. The highest BCUT2D eigenvalue weighted by Crippen LogP contribution is 2.40. The van der Waals surface area contributed by atoms with E-state index in [2.05, 4.69) is 14.7 Å². The zero-order chi connectivity index (χ0) is 18.6. The van der Waals surface area contributed by atoms with E-state index >= 15 is 0 Å². The summed E-state index contributed by atoms with van der Waals surface area (Å²) in [5.41, 5.74) is 1.69. The van der Waals surface area contributed by atoms with E-state index in [-0.39, 0.29) is 16.5 Å². The molecule has 1 saturated carbocycles. The van der Waals surface area contributed by atoms with Crippen LogP contribution in [0.2, 0.25) is 0 Å². The van der Waals surface area contributed by atoms with Gasteiger partial charge < -0.3 is 4.98 Å². The molecule has 0 saturated heterocycles. The largest absolute Gasteiger partial charge is 0.306 e.